The fraction of sp³-hybridized carbons (Fsp3) is 0.212. The van der Waals surface area contributed by atoms with Crippen LogP contribution >= 0.6 is 0 Å². The molecule has 196 valence electrons. The predicted octanol–water partition coefficient (Wildman–Crippen LogP) is 7.22. The van der Waals surface area contributed by atoms with E-state index < -0.39 is 0 Å². The van der Waals surface area contributed by atoms with E-state index in [1.807, 2.05) is 0 Å². The van der Waals surface area contributed by atoms with Gasteiger partial charge in [0.05, 0.1) is 0 Å². The number of rotatable bonds is 0. The predicted molar refractivity (Wildman–Crippen MR) is 171 cm³/mol. The molecule has 0 aromatic heterocycles. The Morgan fingerprint density at radius 3 is 1.95 bits per heavy atom. The molecule has 4 aromatic carbocycles. The van der Waals surface area contributed by atoms with Crippen molar-refractivity contribution in [1.82, 2.24) is 0 Å². The van der Waals surface area contributed by atoms with E-state index in [2.05, 4.69) is 120 Å². The van der Waals surface area contributed by atoms with Gasteiger partial charge in [-0.15, -0.1) is 0 Å². The molecule has 0 radical (unpaired) electrons. The molecule has 0 fully saturated rings. The molecule has 4 aromatic rings. The molecular formula is C33H34N6. The number of hydrogen-bond donors (Lipinski definition) is 0. The molecule has 2 heterocycles. The second kappa shape index (κ2) is 10.7. The van der Waals surface area contributed by atoms with Crippen LogP contribution in [0.5, 0.6) is 0 Å². The number of aryl methyl sites for hydroxylation is 4. The number of nitrogens with zero attached hydrogens (tertiary/aromatic N) is 6. The zero-order valence-electron chi connectivity index (χ0n) is 22.7. The van der Waals surface area contributed by atoms with Crippen LogP contribution in [0.2, 0.25) is 0 Å². The van der Waals surface area contributed by atoms with Crippen LogP contribution in [-0.2, 0) is 0 Å². The van der Waals surface area contributed by atoms with Crippen LogP contribution in [0.1, 0.15) is 51.9 Å². The van der Waals surface area contributed by atoms with Crippen molar-refractivity contribution in [3.05, 3.63) is 93.0 Å². The third-order valence-corrected chi connectivity index (χ3v) is 7.36. The van der Waals surface area contributed by atoms with Crippen LogP contribution in [0, 0.1) is 27.7 Å². The molecule has 0 bridgehead atoms. The van der Waals surface area contributed by atoms with Crippen LogP contribution in [0.25, 0.3) is 21.5 Å². The standard InChI is InChI=1S/2C16H15N3.CH4/c1-9-6-5-7-11-10(2)14-13(8-12(9)11)15(17-3)19-16(14)18-4;1-9-6-5-7-11-8-12-14(10(2)13(9)11)16(18-4)19-15(12)17-3;/h5-8H,3H2,1-2,4H3;5-8H,4H2,1-3H3;1H4. The van der Waals surface area contributed by atoms with Gasteiger partial charge in [0, 0.05) is 36.3 Å². The average Bonchev–Trinajstić information content (AvgIpc) is 3.48. The van der Waals surface area contributed by atoms with E-state index >= 15 is 0 Å². The Balaban J connectivity index is 0.000000176. The Bertz CT molecular complexity index is 1800. The van der Waals surface area contributed by atoms with E-state index in [1.54, 1.807) is 14.1 Å². The first kappa shape index (κ1) is 27.5. The number of amidine groups is 4. The van der Waals surface area contributed by atoms with E-state index in [0.717, 1.165) is 33.9 Å². The number of fused-ring (bicyclic) bond motifs is 4. The highest BCUT2D eigenvalue weighted by molar-refractivity contribution is 6.26. The molecule has 0 unspecified atom stereocenters. The average molecular weight is 515 g/mol. The number of hydrogen-bond acceptors (Lipinski definition) is 4. The Labute approximate surface area is 230 Å². The van der Waals surface area contributed by atoms with Gasteiger partial charge in [0.1, 0.15) is 0 Å². The van der Waals surface area contributed by atoms with Crippen molar-refractivity contribution in [1.29, 1.82) is 0 Å². The van der Waals surface area contributed by atoms with E-state index in [9.17, 15) is 0 Å². The van der Waals surface area contributed by atoms with E-state index in [4.69, 9.17) is 0 Å². The quantitative estimate of drug-likeness (QED) is 0.222. The fourth-order valence-corrected chi connectivity index (χ4v) is 5.56. The molecule has 6 heteroatoms. The minimum atomic E-state index is 0. The lowest BCUT2D eigenvalue weighted by Gasteiger charge is -2.11. The first-order chi connectivity index (χ1) is 18.3. The molecule has 0 aliphatic carbocycles. The van der Waals surface area contributed by atoms with Crippen molar-refractivity contribution in [2.75, 3.05) is 14.1 Å². The number of aliphatic imine (C=N–C) groups is 6. The zero-order chi connectivity index (χ0) is 27.1. The van der Waals surface area contributed by atoms with Gasteiger partial charge in [-0.1, -0.05) is 43.8 Å². The van der Waals surface area contributed by atoms with Crippen molar-refractivity contribution in [3.8, 4) is 0 Å². The summed E-state index contributed by atoms with van der Waals surface area (Å²) in [7, 11) is 3.51. The van der Waals surface area contributed by atoms with Crippen LogP contribution in [0.15, 0.2) is 78.5 Å². The van der Waals surface area contributed by atoms with Gasteiger partial charge in [0.15, 0.2) is 23.3 Å². The molecular weight excluding hydrogens is 480 g/mol. The first-order valence-corrected chi connectivity index (χ1v) is 12.5. The maximum Gasteiger partial charge on any atom is 0.162 e. The largest absolute Gasteiger partial charge is 0.270 e. The third kappa shape index (κ3) is 4.32. The monoisotopic (exact) mass is 514 g/mol. The van der Waals surface area contributed by atoms with E-state index in [-0.39, 0.29) is 7.43 Å². The van der Waals surface area contributed by atoms with E-state index in [1.165, 1.54) is 43.8 Å². The summed E-state index contributed by atoms with van der Waals surface area (Å²) in [5, 5.41) is 4.99. The van der Waals surface area contributed by atoms with Crippen molar-refractivity contribution >= 4 is 58.3 Å². The molecule has 0 saturated carbocycles. The summed E-state index contributed by atoms with van der Waals surface area (Å²) in [6.07, 6.45) is 0. The topological polar surface area (TPSA) is 74.2 Å². The lowest BCUT2D eigenvalue weighted by atomic mass is 9.93. The summed E-state index contributed by atoms with van der Waals surface area (Å²) < 4.78 is 0. The Hall–Kier alpha value is -4.58. The van der Waals surface area contributed by atoms with Crippen LogP contribution in [0.3, 0.4) is 0 Å². The van der Waals surface area contributed by atoms with Gasteiger partial charge in [0.2, 0.25) is 0 Å². The van der Waals surface area contributed by atoms with Crippen LogP contribution in [-0.4, -0.2) is 50.9 Å². The normalized spacial score (nSPS) is 15.3. The van der Waals surface area contributed by atoms with Gasteiger partial charge in [-0.25, -0.2) is 20.0 Å². The Morgan fingerprint density at radius 1 is 0.641 bits per heavy atom. The van der Waals surface area contributed by atoms with Gasteiger partial charge in [0.25, 0.3) is 0 Å². The van der Waals surface area contributed by atoms with Gasteiger partial charge < -0.3 is 0 Å². The molecule has 0 amide bonds. The summed E-state index contributed by atoms with van der Waals surface area (Å²) in [6, 6.07) is 17.0. The SMILES string of the molecule is C.C=NC1=NC(=NC)c2c1cc1c(C)cccc1c2C.C=NC1=NC(=NC)c2cc3cccc(C)c3c(C)c21. The molecule has 0 saturated heterocycles. The van der Waals surface area contributed by atoms with Crippen molar-refractivity contribution in [2.45, 2.75) is 35.1 Å². The van der Waals surface area contributed by atoms with Gasteiger partial charge in [-0.2, -0.15) is 0 Å². The maximum atomic E-state index is 4.44. The Morgan fingerprint density at radius 2 is 1.28 bits per heavy atom. The van der Waals surface area contributed by atoms with Crippen molar-refractivity contribution in [3.63, 3.8) is 0 Å². The van der Waals surface area contributed by atoms with Crippen LogP contribution < -0.4 is 0 Å². The van der Waals surface area contributed by atoms with Crippen molar-refractivity contribution < 1.29 is 0 Å². The highest BCUT2D eigenvalue weighted by Gasteiger charge is 2.25. The third-order valence-electron chi connectivity index (χ3n) is 7.36. The van der Waals surface area contributed by atoms with Gasteiger partial charge in [-0.3, -0.25) is 9.98 Å². The van der Waals surface area contributed by atoms with Crippen molar-refractivity contribution in [2.24, 2.45) is 30.0 Å². The molecule has 2 aliphatic rings. The molecule has 0 atom stereocenters. The van der Waals surface area contributed by atoms with Gasteiger partial charge in [-0.05, 0) is 97.1 Å². The first-order valence-electron chi connectivity index (χ1n) is 12.5. The minimum absolute atomic E-state index is 0. The summed E-state index contributed by atoms with van der Waals surface area (Å²) >= 11 is 0. The summed E-state index contributed by atoms with van der Waals surface area (Å²) in [4.78, 5) is 25.5. The molecule has 0 N–H and O–H groups in total. The van der Waals surface area contributed by atoms with Crippen LogP contribution in [0.4, 0.5) is 0 Å². The summed E-state index contributed by atoms with van der Waals surface area (Å²) in [6.45, 7) is 15.7. The number of benzene rings is 4. The zero-order valence-corrected chi connectivity index (χ0v) is 22.7. The Kier molecular flexibility index (Phi) is 7.50. The second-order valence-electron chi connectivity index (χ2n) is 9.47. The van der Waals surface area contributed by atoms with E-state index in [0.29, 0.717) is 11.7 Å². The highest BCUT2D eigenvalue weighted by atomic mass is 15.0. The molecule has 39 heavy (non-hydrogen) atoms. The molecule has 6 nitrogen and oxygen atoms in total. The summed E-state index contributed by atoms with van der Waals surface area (Å²) in [5.41, 5.74) is 9.18. The summed E-state index contributed by atoms with van der Waals surface area (Å²) in [5.74, 6) is 2.84. The maximum absolute atomic E-state index is 4.44. The molecule has 6 rings (SSSR count). The fourth-order valence-electron chi connectivity index (χ4n) is 5.56. The second-order valence-corrected chi connectivity index (χ2v) is 9.47. The molecule has 0 spiro atoms. The van der Waals surface area contributed by atoms with Gasteiger partial charge >= 0.3 is 0 Å². The lowest BCUT2D eigenvalue weighted by Crippen LogP contribution is -2.01. The molecule has 2 aliphatic heterocycles. The minimum Gasteiger partial charge on any atom is -0.270 e. The smallest absolute Gasteiger partial charge is 0.162 e. The highest BCUT2D eigenvalue weighted by Crippen LogP contribution is 2.33. The lowest BCUT2D eigenvalue weighted by molar-refractivity contribution is 1.38.